The van der Waals surface area contributed by atoms with E-state index < -0.39 is 21.7 Å². The molecule has 0 N–H and O–H groups in total. The lowest BCUT2D eigenvalue weighted by Crippen LogP contribution is -2.40. The van der Waals surface area contributed by atoms with Crippen LogP contribution in [0.2, 0.25) is 0 Å². The van der Waals surface area contributed by atoms with Gasteiger partial charge in [0, 0.05) is 6.04 Å². The predicted molar refractivity (Wildman–Crippen MR) is 104 cm³/mol. The average Bonchev–Trinajstić information content (AvgIpc) is 3.40. The van der Waals surface area contributed by atoms with Gasteiger partial charge in [-0.05, 0) is 37.6 Å². The molecule has 0 unspecified atom stereocenters. The molecular formula is C20H20FN3O4S. The molecule has 7 nitrogen and oxygen atoms in total. The molecule has 3 heterocycles. The topological polar surface area (TPSA) is 85.4 Å². The lowest BCUT2D eigenvalue weighted by atomic mass is 10.1. The maximum absolute atomic E-state index is 14.2. The van der Waals surface area contributed by atoms with Crippen molar-refractivity contribution in [2.75, 3.05) is 11.5 Å². The molecule has 1 fully saturated rings. The first-order chi connectivity index (χ1) is 13.9. The fraction of sp³-hybridized carbons (Fsp3) is 0.300. The quantitative estimate of drug-likeness (QED) is 0.637. The summed E-state index contributed by atoms with van der Waals surface area (Å²) in [6.07, 6.45) is 3.27. The summed E-state index contributed by atoms with van der Waals surface area (Å²) in [4.78, 5) is 14.9. The molecule has 9 heteroatoms. The Morgan fingerprint density at radius 3 is 2.76 bits per heavy atom. The highest BCUT2D eigenvalue weighted by molar-refractivity contribution is 7.91. The van der Waals surface area contributed by atoms with E-state index in [1.54, 1.807) is 37.3 Å². The van der Waals surface area contributed by atoms with Crippen molar-refractivity contribution in [3.63, 3.8) is 0 Å². The number of sulfone groups is 1. The lowest BCUT2D eigenvalue weighted by molar-refractivity contribution is 0.0665. The second-order valence-corrected chi connectivity index (χ2v) is 9.30. The Morgan fingerprint density at radius 1 is 1.31 bits per heavy atom. The molecular weight excluding hydrogens is 397 g/mol. The minimum absolute atomic E-state index is 0.0487. The maximum atomic E-state index is 14.2. The van der Waals surface area contributed by atoms with E-state index in [-0.39, 0.29) is 29.6 Å². The number of rotatable bonds is 5. The van der Waals surface area contributed by atoms with Gasteiger partial charge >= 0.3 is 0 Å². The smallest absolute Gasteiger partial charge is 0.258 e. The summed E-state index contributed by atoms with van der Waals surface area (Å²) < 4.78 is 44.9. The van der Waals surface area contributed by atoms with Crippen LogP contribution in [0.15, 0.2) is 53.3 Å². The first-order valence-electron chi connectivity index (χ1n) is 9.19. The van der Waals surface area contributed by atoms with Gasteiger partial charge in [0.05, 0.1) is 41.8 Å². The number of hydrogen-bond donors (Lipinski definition) is 0. The number of nitrogens with zero attached hydrogens (tertiary/aromatic N) is 3. The summed E-state index contributed by atoms with van der Waals surface area (Å²) in [5.41, 5.74) is 1.01. The van der Waals surface area contributed by atoms with Gasteiger partial charge in [-0.3, -0.25) is 4.79 Å². The average molecular weight is 417 g/mol. The van der Waals surface area contributed by atoms with Crippen LogP contribution in [-0.2, 0) is 16.4 Å². The van der Waals surface area contributed by atoms with E-state index in [1.807, 2.05) is 0 Å². The molecule has 0 spiro atoms. The van der Waals surface area contributed by atoms with Crippen LogP contribution in [0, 0.1) is 12.7 Å². The van der Waals surface area contributed by atoms with Gasteiger partial charge in [0.25, 0.3) is 5.91 Å². The number of carbonyl (C=O) groups is 1. The van der Waals surface area contributed by atoms with Crippen molar-refractivity contribution in [1.29, 1.82) is 0 Å². The number of benzene rings is 1. The van der Waals surface area contributed by atoms with Crippen molar-refractivity contribution in [2.24, 2.45) is 0 Å². The highest BCUT2D eigenvalue weighted by Crippen LogP contribution is 2.25. The number of aromatic nitrogens is 2. The van der Waals surface area contributed by atoms with E-state index in [0.717, 1.165) is 0 Å². The number of carbonyl (C=O) groups excluding carboxylic acids is 1. The maximum Gasteiger partial charge on any atom is 0.258 e. The van der Waals surface area contributed by atoms with Crippen molar-refractivity contribution >= 4 is 15.7 Å². The van der Waals surface area contributed by atoms with E-state index in [2.05, 4.69) is 5.10 Å². The monoisotopic (exact) mass is 417 g/mol. The molecule has 1 atom stereocenters. The molecule has 1 aliphatic heterocycles. The molecule has 4 rings (SSSR count). The van der Waals surface area contributed by atoms with Crippen molar-refractivity contribution in [3.05, 3.63) is 71.7 Å². The molecule has 3 aromatic rings. The molecule has 152 valence electrons. The van der Waals surface area contributed by atoms with Crippen molar-refractivity contribution < 1.29 is 22.0 Å². The molecule has 29 heavy (non-hydrogen) atoms. The number of halogens is 1. The minimum Gasteiger partial charge on any atom is -0.467 e. The van der Waals surface area contributed by atoms with Gasteiger partial charge in [-0.15, -0.1) is 0 Å². The van der Waals surface area contributed by atoms with E-state index in [9.17, 15) is 17.6 Å². The SMILES string of the molecule is Cc1c(C(=O)N(Cc2ccco2)[C@@H]2CCS(=O)(=O)C2)cnn1-c1ccccc1F. The normalized spacial score (nSPS) is 18.1. The third-order valence-corrected chi connectivity index (χ3v) is 6.89. The van der Waals surface area contributed by atoms with Gasteiger partial charge < -0.3 is 9.32 Å². The van der Waals surface area contributed by atoms with E-state index in [4.69, 9.17) is 4.42 Å². The van der Waals surface area contributed by atoms with Crippen LogP contribution in [0.5, 0.6) is 0 Å². The Balaban J connectivity index is 1.68. The Labute approximate surface area is 167 Å². The summed E-state index contributed by atoms with van der Waals surface area (Å²) in [6, 6.07) is 9.17. The van der Waals surface area contributed by atoms with Crippen molar-refractivity contribution in [1.82, 2.24) is 14.7 Å². The Hall–Kier alpha value is -2.94. The fourth-order valence-electron chi connectivity index (χ4n) is 3.60. The zero-order chi connectivity index (χ0) is 20.6. The van der Waals surface area contributed by atoms with Crippen LogP contribution in [-0.4, -0.2) is 46.6 Å². The third-order valence-electron chi connectivity index (χ3n) is 5.14. The van der Waals surface area contributed by atoms with Crippen molar-refractivity contribution in [3.8, 4) is 5.69 Å². The Morgan fingerprint density at radius 2 is 2.10 bits per heavy atom. The molecule has 1 aliphatic rings. The van der Waals surface area contributed by atoms with Crippen LogP contribution in [0.4, 0.5) is 4.39 Å². The summed E-state index contributed by atoms with van der Waals surface area (Å²) in [5, 5.41) is 4.19. The number of amides is 1. The predicted octanol–water partition coefficient (Wildman–Crippen LogP) is 2.74. The van der Waals surface area contributed by atoms with Gasteiger partial charge in [-0.1, -0.05) is 12.1 Å². The highest BCUT2D eigenvalue weighted by Gasteiger charge is 2.36. The van der Waals surface area contributed by atoms with Crippen LogP contribution in [0.1, 0.15) is 28.2 Å². The third kappa shape index (κ3) is 3.82. The molecule has 1 saturated heterocycles. The molecule has 2 aromatic heterocycles. The second-order valence-electron chi connectivity index (χ2n) is 7.08. The first-order valence-corrected chi connectivity index (χ1v) is 11.0. The zero-order valence-electron chi connectivity index (χ0n) is 15.8. The van der Waals surface area contributed by atoms with Gasteiger partial charge in [-0.25, -0.2) is 17.5 Å². The van der Waals surface area contributed by atoms with Gasteiger partial charge in [0.1, 0.15) is 17.3 Å². The number of furan rings is 1. The molecule has 1 aromatic carbocycles. The van der Waals surface area contributed by atoms with E-state index in [0.29, 0.717) is 23.4 Å². The standard InChI is InChI=1S/C20H20FN3O4S/c1-14-17(11-22-24(14)19-7-3-2-6-18(19)21)20(25)23(12-16-5-4-9-28-16)15-8-10-29(26,27)13-15/h2-7,9,11,15H,8,10,12-13H2,1H3/t15-/m1/s1. The molecule has 1 amide bonds. The van der Waals surface area contributed by atoms with E-state index >= 15 is 0 Å². The van der Waals surface area contributed by atoms with Crippen LogP contribution in [0.3, 0.4) is 0 Å². The molecule has 0 bridgehead atoms. The summed E-state index contributed by atoms with van der Waals surface area (Å²) in [7, 11) is -3.18. The van der Waals surface area contributed by atoms with Gasteiger partial charge in [0.15, 0.2) is 9.84 Å². The van der Waals surface area contributed by atoms with Gasteiger partial charge in [0.2, 0.25) is 0 Å². The lowest BCUT2D eigenvalue weighted by Gasteiger charge is -2.27. The largest absolute Gasteiger partial charge is 0.467 e. The number of para-hydroxylation sites is 1. The van der Waals surface area contributed by atoms with Crippen LogP contribution in [0.25, 0.3) is 5.69 Å². The zero-order valence-corrected chi connectivity index (χ0v) is 16.6. The van der Waals surface area contributed by atoms with Crippen LogP contribution >= 0.6 is 0 Å². The summed E-state index contributed by atoms with van der Waals surface area (Å²) in [5.74, 6) is -0.287. The van der Waals surface area contributed by atoms with E-state index in [1.165, 1.54) is 28.1 Å². The van der Waals surface area contributed by atoms with Crippen LogP contribution < -0.4 is 0 Å². The second kappa shape index (κ2) is 7.47. The molecule has 0 saturated carbocycles. The minimum atomic E-state index is -3.18. The first kappa shape index (κ1) is 19.4. The molecule has 0 radical (unpaired) electrons. The Bertz CT molecular complexity index is 1140. The Kier molecular flexibility index (Phi) is 4.99. The van der Waals surface area contributed by atoms with Crippen molar-refractivity contribution in [2.45, 2.75) is 25.9 Å². The summed E-state index contributed by atoms with van der Waals surface area (Å²) >= 11 is 0. The summed E-state index contributed by atoms with van der Waals surface area (Å²) in [6.45, 7) is 1.83. The molecule has 0 aliphatic carbocycles. The number of hydrogen-bond acceptors (Lipinski definition) is 5. The van der Waals surface area contributed by atoms with Gasteiger partial charge in [-0.2, -0.15) is 5.10 Å². The fourth-order valence-corrected chi connectivity index (χ4v) is 5.33. The highest BCUT2D eigenvalue weighted by atomic mass is 32.2.